The van der Waals surface area contributed by atoms with Gasteiger partial charge in [0, 0.05) is 24.3 Å². The summed E-state index contributed by atoms with van der Waals surface area (Å²) in [6, 6.07) is 5.93. The minimum absolute atomic E-state index is 0.0466. The van der Waals surface area contributed by atoms with E-state index < -0.39 is 0 Å². The van der Waals surface area contributed by atoms with E-state index in [1.807, 2.05) is 25.1 Å². The summed E-state index contributed by atoms with van der Waals surface area (Å²) < 4.78 is 0. The van der Waals surface area contributed by atoms with Crippen molar-refractivity contribution in [3.8, 4) is 0 Å². The molecular formula is C13H20N2O. The maximum absolute atomic E-state index is 11.3. The fourth-order valence-electron chi connectivity index (χ4n) is 1.40. The predicted octanol–water partition coefficient (Wildman–Crippen LogP) is 3.17. The van der Waals surface area contributed by atoms with Crippen LogP contribution in [-0.2, 0) is 4.79 Å². The van der Waals surface area contributed by atoms with E-state index in [2.05, 4.69) is 24.5 Å². The van der Waals surface area contributed by atoms with Crippen LogP contribution in [-0.4, -0.2) is 12.5 Å². The molecule has 0 aliphatic carbocycles. The van der Waals surface area contributed by atoms with Crippen LogP contribution in [0.1, 0.15) is 32.3 Å². The highest BCUT2D eigenvalue weighted by atomic mass is 16.1. The van der Waals surface area contributed by atoms with Gasteiger partial charge in [0.1, 0.15) is 0 Å². The third kappa shape index (κ3) is 3.57. The molecular weight excluding hydrogens is 200 g/mol. The second kappa shape index (κ2) is 6.16. The van der Waals surface area contributed by atoms with Gasteiger partial charge in [0.25, 0.3) is 0 Å². The van der Waals surface area contributed by atoms with Gasteiger partial charge in [0.2, 0.25) is 5.91 Å². The van der Waals surface area contributed by atoms with E-state index in [9.17, 15) is 4.79 Å². The Hall–Kier alpha value is -1.51. The monoisotopic (exact) mass is 220 g/mol. The molecule has 0 fully saturated rings. The van der Waals surface area contributed by atoms with Gasteiger partial charge in [-0.3, -0.25) is 4.79 Å². The minimum Gasteiger partial charge on any atom is -0.385 e. The van der Waals surface area contributed by atoms with Crippen molar-refractivity contribution in [1.82, 2.24) is 0 Å². The Morgan fingerprint density at radius 1 is 1.31 bits per heavy atom. The number of amides is 1. The van der Waals surface area contributed by atoms with Crippen LogP contribution in [0.3, 0.4) is 0 Å². The second-order valence-corrected chi connectivity index (χ2v) is 3.86. The third-order valence-corrected chi connectivity index (χ3v) is 2.41. The molecule has 0 spiro atoms. The van der Waals surface area contributed by atoms with E-state index in [4.69, 9.17) is 0 Å². The number of nitrogens with one attached hydrogen (secondary N) is 2. The van der Waals surface area contributed by atoms with Gasteiger partial charge < -0.3 is 10.6 Å². The Morgan fingerprint density at radius 2 is 2.06 bits per heavy atom. The van der Waals surface area contributed by atoms with Gasteiger partial charge in [-0.15, -0.1) is 0 Å². The molecule has 1 rings (SSSR count). The molecule has 1 aromatic carbocycles. The largest absolute Gasteiger partial charge is 0.385 e. The first-order chi connectivity index (χ1) is 7.67. The minimum atomic E-state index is 0.0466. The summed E-state index contributed by atoms with van der Waals surface area (Å²) in [5.41, 5.74) is 3.15. The van der Waals surface area contributed by atoms with Crippen LogP contribution in [0.15, 0.2) is 18.2 Å². The summed E-state index contributed by atoms with van der Waals surface area (Å²) in [5, 5.41) is 6.20. The van der Waals surface area contributed by atoms with E-state index >= 15 is 0 Å². The lowest BCUT2D eigenvalue weighted by Gasteiger charge is -2.11. The Morgan fingerprint density at radius 3 is 2.69 bits per heavy atom. The zero-order chi connectivity index (χ0) is 12.0. The maximum Gasteiger partial charge on any atom is 0.224 e. The Balaban J connectivity index is 2.76. The summed E-state index contributed by atoms with van der Waals surface area (Å²) >= 11 is 0. The first-order valence-electron chi connectivity index (χ1n) is 5.81. The average Bonchev–Trinajstić information content (AvgIpc) is 2.29. The fraction of sp³-hybridized carbons (Fsp3) is 0.462. The number of hydrogen-bond donors (Lipinski definition) is 2. The molecule has 0 saturated heterocycles. The molecule has 3 heteroatoms. The average molecular weight is 220 g/mol. The van der Waals surface area contributed by atoms with Crippen molar-refractivity contribution < 1.29 is 4.79 Å². The number of carbonyl (C=O) groups is 1. The molecule has 1 aromatic rings. The third-order valence-electron chi connectivity index (χ3n) is 2.41. The maximum atomic E-state index is 11.3. The van der Waals surface area contributed by atoms with Crippen LogP contribution in [0, 0.1) is 6.92 Å². The first-order valence-corrected chi connectivity index (χ1v) is 5.81. The van der Waals surface area contributed by atoms with Crippen molar-refractivity contribution in [3.05, 3.63) is 23.8 Å². The van der Waals surface area contributed by atoms with Gasteiger partial charge in [-0.25, -0.2) is 0 Å². The van der Waals surface area contributed by atoms with Gasteiger partial charge >= 0.3 is 0 Å². The van der Waals surface area contributed by atoms with Crippen LogP contribution >= 0.6 is 0 Å². The summed E-state index contributed by atoms with van der Waals surface area (Å²) in [6.07, 6.45) is 1.59. The molecule has 0 bridgehead atoms. The second-order valence-electron chi connectivity index (χ2n) is 3.86. The van der Waals surface area contributed by atoms with Crippen LogP contribution in [0.4, 0.5) is 11.4 Å². The van der Waals surface area contributed by atoms with Gasteiger partial charge in [-0.05, 0) is 31.0 Å². The number of carbonyl (C=O) groups excluding carboxylic acids is 1. The summed E-state index contributed by atoms with van der Waals surface area (Å²) in [6.45, 7) is 6.99. The number of aryl methyl sites for hydroxylation is 1. The van der Waals surface area contributed by atoms with Crippen LogP contribution in [0.25, 0.3) is 0 Å². The smallest absolute Gasteiger partial charge is 0.224 e. The number of rotatable bonds is 5. The highest BCUT2D eigenvalue weighted by molar-refractivity contribution is 5.91. The zero-order valence-corrected chi connectivity index (χ0v) is 10.3. The van der Waals surface area contributed by atoms with Crippen molar-refractivity contribution in [3.63, 3.8) is 0 Å². The zero-order valence-electron chi connectivity index (χ0n) is 10.3. The van der Waals surface area contributed by atoms with Gasteiger partial charge in [0.05, 0.1) is 0 Å². The molecule has 0 saturated carbocycles. The Bertz CT molecular complexity index is 361. The summed E-state index contributed by atoms with van der Waals surface area (Å²) in [5.74, 6) is 0.0466. The lowest BCUT2D eigenvalue weighted by Crippen LogP contribution is -2.10. The molecule has 0 aliphatic rings. The van der Waals surface area contributed by atoms with Crippen molar-refractivity contribution in [1.29, 1.82) is 0 Å². The quantitative estimate of drug-likeness (QED) is 0.800. The van der Waals surface area contributed by atoms with E-state index in [1.165, 1.54) is 5.56 Å². The molecule has 3 nitrogen and oxygen atoms in total. The van der Waals surface area contributed by atoms with Crippen LogP contribution in [0.5, 0.6) is 0 Å². The molecule has 16 heavy (non-hydrogen) atoms. The van der Waals surface area contributed by atoms with E-state index in [0.717, 1.165) is 24.3 Å². The molecule has 88 valence electrons. The summed E-state index contributed by atoms with van der Waals surface area (Å²) in [7, 11) is 0. The highest BCUT2D eigenvalue weighted by Gasteiger charge is 2.02. The Kier molecular flexibility index (Phi) is 4.83. The predicted molar refractivity (Wildman–Crippen MR) is 68.9 cm³/mol. The van der Waals surface area contributed by atoms with Gasteiger partial charge in [-0.2, -0.15) is 0 Å². The van der Waals surface area contributed by atoms with Crippen LogP contribution in [0.2, 0.25) is 0 Å². The highest BCUT2D eigenvalue weighted by Crippen LogP contribution is 2.20. The molecule has 0 atom stereocenters. The lowest BCUT2D eigenvalue weighted by atomic mass is 10.1. The lowest BCUT2D eigenvalue weighted by molar-refractivity contribution is -0.115. The molecule has 0 aromatic heterocycles. The number of hydrogen-bond acceptors (Lipinski definition) is 2. The molecule has 0 aliphatic heterocycles. The van der Waals surface area contributed by atoms with E-state index in [1.54, 1.807) is 0 Å². The van der Waals surface area contributed by atoms with Crippen molar-refractivity contribution in [2.75, 3.05) is 17.2 Å². The molecule has 0 radical (unpaired) electrons. The number of anilines is 2. The molecule has 2 N–H and O–H groups in total. The Labute approximate surface area is 97.2 Å². The SMILES string of the molecule is CCCNc1cc(NC(=O)CC)ccc1C. The van der Waals surface area contributed by atoms with Crippen LogP contribution < -0.4 is 10.6 Å². The van der Waals surface area contributed by atoms with Gasteiger partial charge in [0.15, 0.2) is 0 Å². The topological polar surface area (TPSA) is 41.1 Å². The molecule has 0 unspecified atom stereocenters. The first kappa shape index (κ1) is 12.6. The summed E-state index contributed by atoms with van der Waals surface area (Å²) in [4.78, 5) is 11.3. The van der Waals surface area contributed by atoms with Crippen molar-refractivity contribution >= 4 is 17.3 Å². The van der Waals surface area contributed by atoms with Crippen molar-refractivity contribution in [2.45, 2.75) is 33.6 Å². The van der Waals surface area contributed by atoms with E-state index in [-0.39, 0.29) is 5.91 Å². The fourth-order valence-corrected chi connectivity index (χ4v) is 1.40. The molecule has 1 amide bonds. The van der Waals surface area contributed by atoms with Crippen molar-refractivity contribution in [2.24, 2.45) is 0 Å². The normalized spacial score (nSPS) is 9.94. The number of benzene rings is 1. The van der Waals surface area contributed by atoms with E-state index in [0.29, 0.717) is 6.42 Å². The molecule has 0 heterocycles. The standard InChI is InChI=1S/C13H20N2O/c1-4-8-14-12-9-11(7-6-10(12)3)15-13(16)5-2/h6-7,9,14H,4-5,8H2,1-3H3,(H,15,16). The van der Waals surface area contributed by atoms with Gasteiger partial charge in [-0.1, -0.05) is 19.9 Å².